The summed E-state index contributed by atoms with van der Waals surface area (Å²) in [6, 6.07) is 11.2. The number of nitrogens with zero attached hydrogens (tertiary/aromatic N) is 2. The molecule has 3 heteroatoms. The second kappa shape index (κ2) is 6.66. The number of para-hydroxylation sites is 1. The average molecular weight is 314 g/mol. The van der Waals surface area contributed by atoms with Crippen molar-refractivity contribution in [1.82, 2.24) is 4.90 Å². The quantitative estimate of drug-likeness (QED) is 0.838. The van der Waals surface area contributed by atoms with Crippen molar-refractivity contribution in [2.24, 2.45) is 0 Å². The largest absolute Gasteiger partial charge is 0.387 e. The van der Waals surface area contributed by atoms with Crippen LogP contribution in [0.3, 0.4) is 0 Å². The van der Waals surface area contributed by atoms with Gasteiger partial charge in [-0.15, -0.1) is 0 Å². The molecule has 2 heterocycles. The number of hydrogen-bond donors (Lipinski definition) is 1. The van der Waals surface area contributed by atoms with Gasteiger partial charge in [-0.25, -0.2) is 0 Å². The van der Waals surface area contributed by atoms with Crippen molar-refractivity contribution < 1.29 is 5.11 Å². The van der Waals surface area contributed by atoms with E-state index in [0.717, 1.165) is 25.9 Å². The van der Waals surface area contributed by atoms with Crippen molar-refractivity contribution in [1.29, 1.82) is 0 Å². The Morgan fingerprint density at radius 3 is 2.74 bits per heavy atom. The maximum Gasteiger partial charge on any atom is 0.111 e. The molecule has 2 saturated heterocycles. The number of aliphatic hydroxyl groups is 1. The topological polar surface area (TPSA) is 26.7 Å². The van der Waals surface area contributed by atoms with Crippen LogP contribution in [0, 0.1) is 0 Å². The number of hydrogen-bond acceptors (Lipinski definition) is 3. The molecule has 0 bridgehead atoms. The summed E-state index contributed by atoms with van der Waals surface area (Å²) in [4.78, 5) is 4.96. The average Bonchev–Trinajstić information content (AvgIpc) is 3.07. The molecule has 2 aliphatic rings. The van der Waals surface area contributed by atoms with Crippen molar-refractivity contribution in [2.45, 2.75) is 64.3 Å². The highest BCUT2D eigenvalue weighted by molar-refractivity contribution is 5.49. The molecule has 0 amide bonds. The Kier molecular flexibility index (Phi) is 4.79. The van der Waals surface area contributed by atoms with Gasteiger partial charge in [0.25, 0.3) is 0 Å². The Balaban J connectivity index is 1.84. The van der Waals surface area contributed by atoms with Crippen molar-refractivity contribution in [2.75, 3.05) is 18.0 Å². The third-order valence-corrected chi connectivity index (χ3v) is 5.29. The van der Waals surface area contributed by atoms with E-state index in [1.807, 2.05) is 6.92 Å². The molecule has 0 aromatic heterocycles. The van der Waals surface area contributed by atoms with Crippen LogP contribution in [0.15, 0.2) is 42.0 Å². The first kappa shape index (κ1) is 16.5. The van der Waals surface area contributed by atoms with Crippen LogP contribution in [0.1, 0.15) is 46.5 Å². The van der Waals surface area contributed by atoms with Crippen LogP contribution in [0.5, 0.6) is 0 Å². The highest BCUT2D eigenvalue weighted by atomic mass is 16.3. The monoisotopic (exact) mass is 314 g/mol. The second-order valence-corrected chi connectivity index (χ2v) is 7.57. The van der Waals surface area contributed by atoms with E-state index < -0.39 is 5.60 Å². The Bertz CT molecular complexity index is 548. The van der Waals surface area contributed by atoms with E-state index in [2.05, 4.69) is 60.1 Å². The van der Waals surface area contributed by atoms with Crippen LogP contribution in [0.25, 0.3) is 0 Å². The molecule has 0 unspecified atom stereocenters. The van der Waals surface area contributed by atoms with Gasteiger partial charge in [0.15, 0.2) is 0 Å². The van der Waals surface area contributed by atoms with Gasteiger partial charge in [-0.2, -0.15) is 0 Å². The van der Waals surface area contributed by atoms with Gasteiger partial charge in [-0.3, -0.25) is 4.90 Å². The minimum atomic E-state index is -0.707. The fraction of sp³-hybridized carbons (Fsp3) is 0.600. The van der Waals surface area contributed by atoms with Crippen molar-refractivity contribution in [3.8, 4) is 0 Å². The second-order valence-electron chi connectivity index (χ2n) is 7.57. The van der Waals surface area contributed by atoms with E-state index in [1.54, 1.807) is 0 Å². The molecule has 3 rings (SSSR count). The van der Waals surface area contributed by atoms with Gasteiger partial charge in [0.1, 0.15) is 6.17 Å². The third-order valence-electron chi connectivity index (χ3n) is 5.29. The molecular weight excluding hydrogens is 284 g/mol. The summed E-state index contributed by atoms with van der Waals surface area (Å²) in [5, 5.41) is 11.3. The summed E-state index contributed by atoms with van der Waals surface area (Å²) in [5.41, 5.74) is 1.85. The van der Waals surface area contributed by atoms with Gasteiger partial charge < -0.3 is 10.0 Å². The summed E-state index contributed by atoms with van der Waals surface area (Å²) in [5.74, 6) is 0. The lowest BCUT2D eigenvalue weighted by Crippen LogP contribution is -2.55. The zero-order valence-electron chi connectivity index (χ0n) is 14.7. The van der Waals surface area contributed by atoms with Gasteiger partial charge in [-0.05, 0) is 58.6 Å². The summed E-state index contributed by atoms with van der Waals surface area (Å²) < 4.78 is 0. The normalized spacial score (nSPS) is 26.9. The molecule has 0 radical (unpaired) electrons. The van der Waals surface area contributed by atoms with Gasteiger partial charge in [0.05, 0.1) is 5.60 Å². The molecule has 2 aliphatic heterocycles. The third kappa shape index (κ3) is 3.46. The van der Waals surface area contributed by atoms with Crippen LogP contribution in [-0.2, 0) is 0 Å². The lowest BCUT2D eigenvalue weighted by Gasteiger charge is -2.41. The van der Waals surface area contributed by atoms with Gasteiger partial charge in [-0.1, -0.05) is 29.8 Å². The van der Waals surface area contributed by atoms with Crippen LogP contribution >= 0.6 is 0 Å². The molecular formula is C20H30N2O. The Morgan fingerprint density at radius 1 is 1.30 bits per heavy atom. The number of anilines is 1. The van der Waals surface area contributed by atoms with E-state index in [-0.39, 0.29) is 6.17 Å². The predicted octanol–water partition coefficient (Wildman–Crippen LogP) is 3.79. The van der Waals surface area contributed by atoms with E-state index >= 15 is 0 Å². The maximum absolute atomic E-state index is 11.3. The molecule has 23 heavy (non-hydrogen) atoms. The van der Waals surface area contributed by atoms with Crippen LogP contribution in [-0.4, -0.2) is 40.9 Å². The molecule has 3 atom stereocenters. The lowest BCUT2D eigenvalue weighted by molar-refractivity contribution is -0.0241. The van der Waals surface area contributed by atoms with E-state index in [4.69, 9.17) is 0 Å². The molecule has 1 aromatic rings. The molecule has 2 fully saturated rings. The SMILES string of the molecule is CC(C)=CCC[C@](C)(O)[C@H]1N(c2ccccc2)C[C@@H]2CCCN21. The zero-order chi connectivity index (χ0) is 16.4. The molecule has 1 aromatic carbocycles. The minimum Gasteiger partial charge on any atom is -0.387 e. The van der Waals surface area contributed by atoms with Crippen molar-refractivity contribution in [3.05, 3.63) is 42.0 Å². The standard InChI is InChI=1S/C20H30N2O/c1-16(2)9-7-13-20(3,23)19-21-14-8-12-18(21)15-22(19)17-10-5-4-6-11-17/h4-6,9-11,18-19,23H,7-8,12-15H2,1-3H3/t18-,19+,20-/m0/s1. The van der Waals surface area contributed by atoms with Crippen molar-refractivity contribution >= 4 is 5.69 Å². The highest BCUT2D eigenvalue weighted by Gasteiger charge is 2.49. The van der Waals surface area contributed by atoms with E-state index in [0.29, 0.717) is 6.04 Å². The Hall–Kier alpha value is -1.32. The van der Waals surface area contributed by atoms with Gasteiger partial charge in [0, 0.05) is 24.8 Å². The lowest BCUT2D eigenvalue weighted by atomic mass is 9.94. The number of allylic oxidation sites excluding steroid dienone is 2. The zero-order valence-corrected chi connectivity index (χ0v) is 14.7. The summed E-state index contributed by atoms with van der Waals surface area (Å²) in [6.45, 7) is 8.41. The fourth-order valence-corrected chi connectivity index (χ4v) is 4.22. The first-order valence-corrected chi connectivity index (χ1v) is 8.92. The summed E-state index contributed by atoms with van der Waals surface area (Å²) in [6.07, 6.45) is 6.57. The molecule has 126 valence electrons. The Labute approximate surface area is 140 Å². The molecule has 3 nitrogen and oxygen atoms in total. The summed E-state index contributed by atoms with van der Waals surface area (Å²) in [7, 11) is 0. The van der Waals surface area contributed by atoms with Crippen LogP contribution in [0.4, 0.5) is 5.69 Å². The predicted molar refractivity (Wildman–Crippen MR) is 96.6 cm³/mol. The van der Waals surface area contributed by atoms with Gasteiger partial charge >= 0.3 is 0 Å². The number of fused-ring (bicyclic) bond motifs is 1. The highest BCUT2D eigenvalue weighted by Crippen LogP contribution is 2.39. The maximum atomic E-state index is 11.3. The molecule has 1 N–H and O–H groups in total. The van der Waals surface area contributed by atoms with Gasteiger partial charge in [0.2, 0.25) is 0 Å². The first-order valence-electron chi connectivity index (χ1n) is 8.92. The first-order chi connectivity index (χ1) is 11.0. The Morgan fingerprint density at radius 2 is 2.04 bits per heavy atom. The van der Waals surface area contributed by atoms with E-state index in [9.17, 15) is 5.11 Å². The molecule has 0 aliphatic carbocycles. The molecule has 0 spiro atoms. The summed E-state index contributed by atoms with van der Waals surface area (Å²) >= 11 is 0. The fourth-order valence-electron chi connectivity index (χ4n) is 4.22. The smallest absolute Gasteiger partial charge is 0.111 e. The number of benzene rings is 1. The minimum absolute atomic E-state index is 0.0861. The molecule has 0 saturated carbocycles. The van der Waals surface area contributed by atoms with Crippen LogP contribution < -0.4 is 4.90 Å². The van der Waals surface area contributed by atoms with Crippen molar-refractivity contribution in [3.63, 3.8) is 0 Å². The number of rotatable bonds is 5. The van der Waals surface area contributed by atoms with Crippen LogP contribution in [0.2, 0.25) is 0 Å². The van der Waals surface area contributed by atoms with E-state index in [1.165, 1.54) is 24.1 Å².